The summed E-state index contributed by atoms with van der Waals surface area (Å²) in [5.74, 6) is 0.596. The van der Waals surface area contributed by atoms with Gasteiger partial charge in [0.25, 0.3) is 10.0 Å². The Bertz CT molecular complexity index is 2360. The number of hydrogen-bond acceptors (Lipinski definition) is 11. The molecule has 1 amide bonds. The zero-order valence-electron chi connectivity index (χ0n) is 29.8. The molecular weight excluding hydrogens is 737 g/mol. The number of primary sulfonamides is 1. The maximum Gasteiger partial charge on any atom is 0.264 e. The maximum atomic E-state index is 13.2. The van der Waals surface area contributed by atoms with E-state index in [1.54, 1.807) is 48.5 Å². The number of nitrogens with one attached hydrogen (secondary N) is 1. The number of methoxy groups -OCH3 is 4. The van der Waals surface area contributed by atoms with Crippen LogP contribution >= 0.6 is 0 Å². The van der Waals surface area contributed by atoms with Crippen molar-refractivity contribution in [3.63, 3.8) is 0 Å². The third kappa shape index (κ3) is 9.49. The van der Waals surface area contributed by atoms with Crippen LogP contribution in [0.4, 0.5) is 0 Å². The summed E-state index contributed by atoms with van der Waals surface area (Å²) in [6.07, 6.45) is 1.49. The van der Waals surface area contributed by atoms with Gasteiger partial charge in [0.15, 0.2) is 12.6 Å². The quantitative estimate of drug-likeness (QED) is 0.136. The van der Waals surface area contributed by atoms with E-state index in [2.05, 4.69) is 4.72 Å². The van der Waals surface area contributed by atoms with Crippen molar-refractivity contribution in [2.45, 2.75) is 22.6 Å². The van der Waals surface area contributed by atoms with Crippen LogP contribution in [0.25, 0.3) is 22.3 Å². The lowest BCUT2D eigenvalue weighted by atomic mass is 10.0. The van der Waals surface area contributed by atoms with E-state index in [1.807, 2.05) is 30.3 Å². The third-order valence-electron chi connectivity index (χ3n) is 8.03. The molecule has 15 heteroatoms. The molecule has 0 unspecified atom stereocenters. The lowest BCUT2D eigenvalue weighted by Gasteiger charge is -2.18. The van der Waals surface area contributed by atoms with Gasteiger partial charge in [0, 0.05) is 28.7 Å². The minimum atomic E-state index is -4.28. The highest BCUT2D eigenvalue weighted by molar-refractivity contribution is 7.90. The summed E-state index contributed by atoms with van der Waals surface area (Å²) in [7, 11) is -2.55. The van der Waals surface area contributed by atoms with Gasteiger partial charge >= 0.3 is 0 Å². The molecule has 0 saturated heterocycles. The number of para-hydroxylation sites is 2. The van der Waals surface area contributed by atoms with Gasteiger partial charge < -0.3 is 18.9 Å². The predicted molar refractivity (Wildman–Crippen MR) is 202 cm³/mol. The largest absolute Gasteiger partial charge is 0.496 e. The Labute approximate surface area is 313 Å². The number of aryl methyl sites for hydroxylation is 1. The summed E-state index contributed by atoms with van der Waals surface area (Å²) in [6, 6.07) is 28.2. The third-order valence-corrected chi connectivity index (χ3v) is 10.3. The van der Waals surface area contributed by atoms with E-state index in [0.29, 0.717) is 47.2 Å². The fraction of sp³-hybridized carbons (Fsp3) is 0.154. The molecule has 3 N–H and O–H groups in total. The average molecular weight is 775 g/mol. The zero-order valence-corrected chi connectivity index (χ0v) is 31.4. The Morgan fingerprint density at radius 1 is 0.648 bits per heavy atom. The van der Waals surface area contributed by atoms with Crippen LogP contribution in [0.15, 0.2) is 113 Å². The van der Waals surface area contributed by atoms with Crippen LogP contribution in [0.1, 0.15) is 32.7 Å². The first kappa shape index (κ1) is 40.7. The van der Waals surface area contributed by atoms with Gasteiger partial charge in [0.1, 0.15) is 23.0 Å². The highest BCUT2D eigenvalue weighted by Crippen LogP contribution is 2.42. The van der Waals surface area contributed by atoms with E-state index in [0.717, 1.165) is 5.56 Å². The van der Waals surface area contributed by atoms with Gasteiger partial charge in [0.2, 0.25) is 15.9 Å². The first-order chi connectivity index (χ1) is 25.8. The Morgan fingerprint density at radius 3 is 1.76 bits per heavy atom. The van der Waals surface area contributed by atoms with Crippen molar-refractivity contribution in [3.8, 4) is 45.3 Å². The van der Waals surface area contributed by atoms with E-state index in [9.17, 15) is 31.2 Å². The molecule has 54 heavy (non-hydrogen) atoms. The number of ether oxygens (including phenoxy) is 4. The number of aldehydes is 2. The highest BCUT2D eigenvalue weighted by atomic mass is 32.2. The van der Waals surface area contributed by atoms with Crippen LogP contribution in [-0.4, -0.2) is 63.8 Å². The van der Waals surface area contributed by atoms with Gasteiger partial charge in [-0.15, -0.1) is 0 Å². The van der Waals surface area contributed by atoms with E-state index in [1.165, 1.54) is 52.7 Å². The molecule has 0 fully saturated rings. The predicted octanol–water partition coefficient (Wildman–Crippen LogP) is 5.45. The van der Waals surface area contributed by atoms with Gasteiger partial charge in [-0.2, -0.15) is 0 Å². The highest BCUT2D eigenvalue weighted by Gasteiger charge is 2.28. The molecule has 0 heterocycles. The van der Waals surface area contributed by atoms with Crippen molar-refractivity contribution in [1.29, 1.82) is 0 Å². The second-order valence-electron chi connectivity index (χ2n) is 11.4. The minimum absolute atomic E-state index is 0.00318. The molecule has 0 aliphatic heterocycles. The number of hydrogen-bond donors (Lipinski definition) is 2. The number of carbonyl (C=O) groups is 3. The monoisotopic (exact) mass is 774 g/mol. The second-order valence-corrected chi connectivity index (χ2v) is 14.6. The molecule has 0 radical (unpaired) electrons. The van der Waals surface area contributed by atoms with Gasteiger partial charge in [0.05, 0.1) is 49.4 Å². The van der Waals surface area contributed by atoms with E-state index in [4.69, 9.17) is 24.1 Å². The number of carbonyl (C=O) groups excluding carboxylic acids is 3. The molecule has 0 bridgehead atoms. The number of benzene rings is 5. The summed E-state index contributed by atoms with van der Waals surface area (Å²) in [5, 5.41) is 5.17. The molecular formula is C39H38N2O11S2. The number of rotatable bonds is 14. The van der Waals surface area contributed by atoms with E-state index >= 15 is 0 Å². The summed E-state index contributed by atoms with van der Waals surface area (Å²) < 4.78 is 73.1. The molecule has 282 valence electrons. The van der Waals surface area contributed by atoms with Crippen molar-refractivity contribution >= 4 is 38.5 Å². The van der Waals surface area contributed by atoms with Crippen molar-refractivity contribution < 1.29 is 50.2 Å². The molecule has 0 spiro atoms. The number of amides is 1. The standard InChI is InChI=1S/C24H23NO6S.C15H15NO5S/c1-30-20-11-7-6-10-19(20)23-21(14-13-18(16-26)24(23)31-2)32(28,29)25-22(27)15-12-17-8-4-3-5-9-17;1-20-14-6-4-3-5-12(14)13-8-11(22(16,18)19)7-10(9-17)15(13)21-2/h3-11,13-14,16H,12,15H2,1-2H3,(H,25,27);3-9H,1-2H3,(H2,16,18,19). The number of sulfonamides is 2. The van der Waals surface area contributed by atoms with E-state index in [-0.39, 0.29) is 44.4 Å². The van der Waals surface area contributed by atoms with Crippen LogP contribution in [0.5, 0.6) is 23.0 Å². The first-order valence-electron chi connectivity index (χ1n) is 16.1. The summed E-state index contributed by atoms with van der Waals surface area (Å²) in [4.78, 5) is 34.9. The fourth-order valence-corrected chi connectivity index (χ4v) is 7.36. The molecule has 5 rings (SSSR count). The first-order valence-corrected chi connectivity index (χ1v) is 19.1. The van der Waals surface area contributed by atoms with Crippen molar-refractivity contribution in [2.24, 2.45) is 5.14 Å². The summed E-state index contributed by atoms with van der Waals surface area (Å²) in [5.41, 5.74) is 2.74. The minimum Gasteiger partial charge on any atom is -0.496 e. The van der Waals surface area contributed by atoms with Gasteiger partial charge in [-0.05, 0) is 48.4 Å². The molecule has 0 aliphatic rings. The van der Waals surface area contributed by atoms with Gasteiger partial charge in [-0.3, -0.25) is 14.4 Å². The van der Waals surface area contributed by atoms with Gasteiger partial charge in [-0.25, -0.2) is 26.7 Å². The second kappa shape index (κ2) is 18.1. The van der Waals surface area contributed by atoms with Crippen LogP contribution in [0, 0.1) is 0 Å². The van der Waals surface area contributed by atoms with Crippen LogP contribution in [0.2, 0.25) is 0 Å². The lowest BCUT2D eigenvalue weighted by molar-refractivity contribution is -0.119. The Hall–Kier alpha value is -6.03. The van der Waals surface area contributed by atoms with Crippen molar-refractivity contribution in [2.75, 3.05) is 28.4 Å². The number of nitrogens with two attached hydrogens (primary N) is 1. The maximum absolute atomic E-state index is 13.2. The fourth-order valence-electron chi connectivity index (χ4n) is 5.55. The molecule has 0 saturated carbocycles. The lowest BCUT2D eigenvalue weighted by Crippen LogP contribution is -2.31. The molecule has 5 aromatic carbocycles. The smallest absolute Gasteiger partial charge is 0.264 e. The van der Waals surface area contributed by atoms with Gasteiger partial charge in [-0.1, -0.05) is 66.7 Å². The van der Waals surface area contributed by atoms with Crippen LogP contribution < -0.4 is 28.8 Å². The molecule has 0 aliphatic carbocycles. The topological polar surface area (TPSA) is 194 Å². The SMILES string of the molecule is COc1ccccc1-c1c(S(=O)(=O)NC(=O)CCc2ccccc2)ccc(C=O)c1OC.COc1ccccc1-c1cc(S(N)(=O)=O)cc(C=O)c1OC. The summed E-state index contributed by atoms with van der Waals surface area (Å²) >= 11 is 0. The zero-order chi connectivity index (χ0) is 39.5. The van der Waals surface area contributed by atoms with Crippen molar-refractivity contribution in [3.05, 3.63) is 120 Å². The summed E-state index contributed by atoms with van der Waals surface area (Å²) in [6.45, 7) is 0. The Kier molecular flexibility index (Phi) is 13.7. The average Bonchev–Trinajstić information content (AvgIpc) is 3.18. The van der Waals surface area contributed by atoms with Crippen LogP contribution in [0.3, 0.4) is 0 Å². The molecule has 0 atom stereocenters. The van der Waals surface area contributed by atoms with E-state index < -0.39 is 26.0 Å². The van der Waals surface area contributed by atoms with Crippen LogP contribution in [-0.2, 0) is 31.3 Å². The molecule has 0 aromatic heterocycles. The van der Waals surface area contributed by atoms with Crippen molar-refractivity contribution in [1.82, 2.24) is 4.72 Å². The molecule has 13 nitrogen and oxygen atoms in total. The Balaban J connectivity index is 0.000000258. The normalized spacial score (nSPS) is 11.0. The Morgan fingerprint density at radius 2 is 1.20 bits per heavy atom. The molecule has 5 aromatic rings.